The molecule has 4 rings (SSSR count). The number of nitrogens with one attached hydrogen (secondary N) is 1. The zero-order valence-corrected chi connectivity index (χ0v) is 14.1. The Bertz CT molecular complexity index is 1070. The zero-order valence-electron chi connectivity index (χ0n) is 14.1. The molecule has 2 heterocycles. The molecule has 0 saturated carbocycles. The molecule has 1 amide bonds. The lowest BCUT2D eigenvalue weighted by Gasteiger charge is -2.12. The van der Waals surface area contributed by atoms with Crippen molar-refractivity contribution in [2.75, 3.05) is 12.4 Å². The maximum absolute atomic E-state index is 13.0. The summed E-state index contributed by atoms with van der Waals surface area (Å²) in [5.74, 6) is 0.980. The summed E-state index contributed by atoms with van der Waals surface area (Å²) in [4.78, 5) is 17.6. The Morgan fingerprint density at radius 1 is 1.04 bits per heavy atom. The topological polar surface area (TPSA) is 64.4 Å². The molecule has 5 nitrogen and oxygen atoms in total. The van der Waals surface area contributed by atoms with Crippen molar-refractivity contribution in [1.29, 1.82) is 0 Å². The van der Waals surface area contributed by atoms with Gasteiger partial charge in [0, 0.05) is 5.39 Å². The summed E-state index contributed by atoms with van der Waals surface area (Å²) in [5.41, 5.74) is 2.47. The van der Waals surface area contributed by atoms with Crippen LogP contribution >= 0.6 is 0 Å². The number of amides is 1. The molecule has 2 aromatic heterocycles. The first-order valence-electron chi connectivity index (χ1n) is 8.14. The second-order valence-corrected chi connectivity index (χ2v) is 5.70. The molecule has 0 fully saturated rings. The normalized spacial score (nSPS) is 10.7. The number of hydrogen-bond donors (Lipinski definition) is 1. The maximum atomic E-state index is 13.0. The number of nitrogens with zero attached hydrogens (tertiary/aromatic N) is 1. The number of anilines is 1. The van der Waals surface area contributed by atoms with E-state index in [9.17, 15) is 4.79 Å². The van der Waals surface area contributed by atoms with Gasteiger partial charge in [0.1, 0.15) is 11.4 Å². The van der Waals surface area contributed by atoms with Crippen LogP contribution in [0.3, 0.4) is 0 Å². The molecule has 1 N–H and O–H groups in total. The van der Waals surface area contributed by atoms with Crippen LogP contribution in [0.4, 0.5) is 5.69 Å². The van der Waals surface area contributed by atoms with Crippen molar-refractivity contribution in [1.82, 2.24) is 4.98 Å². The third-order valence-corrected chi connectivity index (χ3v) is 4.09. The van der Waals surface area contributed by atoms with E-state index in [-0.39, 0.29) is 5.91 Å². The molecule has 0 aliphatic carbocycles. The summed E-state index contributed by atoms with van der Waals surface area (Å²) < 4.78 is 10.8. The summed E-state index contributed by atoms with van der Waals surface area (Å²) >= 11 is 0. The molecule has 26 heavy (non-hydrogen) atoms. The highest BCUT2D eigenvalue weighted by molar-refractivity contribution is 6.13. The van der Waals surface area contributed by atoms with Crippen LogP contribution in [0.2, 0.25) is 0 Å². The van der Waals surface area contributed by atoms with Crippen LogP contribution in [0.1, 0.15) is 10.4 Å². The van der Waals surface area contributed by atoms with Crippen molar-refractivity contribution >= 4 is 22.5 Å². The van der Waals surface area contributed by atoms with Gasteiger partial charge in [0.05, 0.1) is 30.1 Å². The van der Waals surface area contributed by atoms with E-state index >= 15 is 0 Å². The molecular formula is C21H16N2O3. The predicted molar refractivity (Wildman–Crippen MR) is 100 cm³/mol. The summed E-state index contributed by atoms with van der Waals surface area (Å²) in [7, 11) is 1.57. The molecule has 0 atom stereocenters. The Morgan fingerprint density at radius 2 is 1.85 bits per heavy atom. The summed E-state index contributed by atoms with van der Waals surface area (Å²) in [6.45, 7) is 0. The lowest BCUT2D eigenvalue weighted by atomic mass is 10.1. The highest BCUT2D eigenvalue weighted by Gasteiger charge is 2.16. The fourth-order valence-electron chi connectivity index (χ4n) is 2.85. The van der Waals surface area contributed by atoms with E-state index in [1.807, 2.05) is 42.5 Å². The van der Waals surface area contributed by atoms with Gasteiger partial charge in [-0.15, -0.1) is 0 Å². The van der Waals surface area contributed by atoms with E-state index in [1.54, 1.807) is 37.6 Å². The number of hydrogen-bond acceptors (Lipinski definition) is 4. The van der Waals surface area contributed by atoms with Gasteiger partial charge in [0.15, 0.2) is 5.76 Å². The molecule has 5 heteroatoms. The van der Waals surface area contributed by atoms with E-state index in [0.29, 0.717) is 28.5 Å². The van der Waals surface area contributed by atoms with Crippen LogP contribution in [0.15, 0.2) is 77.4 Å². The van der Waals surface area contributed by atoms with Gasteiger partial charge in [-0.3, -0.25) is 4.79 Å². The van der Waals surface area contributed by atoms with Gasteiger partial charge in [-0.1, -0.05) is 30.3 Å². The molecule has 0 spiro atoms. The molecule has 0 radical (unpaired) electrons. The molecule has 4 aromatic rings. The molecule has 2 aromatic carbocycles. The predicted octanol–water partition coefficient (Wildman–Crippen LogP) is 4.76. The maximum Gasteiger partial charge on any atom is 0.256 e. The molecule has 0 bridgehead atoms. The highest BCUT2D eigenvalue weighted by atomic mass is 16.5. The zero-order chi connectivity index (χ0) is 17.9. The van der Waals surface area contributed by atoms with E-state index in [0.717, 1.165) is 10.9 Å². The number of pyridine rings is 1. The largest absolute Gasteiger partial charge is 0.495 e. The first-order chi connectivity index (χ1) is 12.8. The Hall–Kier alpha value is -3.60. The number of rotatable bonds is 4. The SMILES string of the molecule is COc1ccccc1NC(=O)c1cc(-c2ccco2)nc2ccccc12. The lowest BCUT2D eigenvalue weighted by Crippen LogP contribution is -2.13. The van der Waals surface area contributed by atoms with E-state index in [2.05, 4.69) is 10.3 Å². The average molecular weight is 344 g/mol. The number of carbonyl (C=O) groups is 1. The fraction of sp³-hybridized carbons (Fsp3) is 0.0476. The van der Waals surface area contributed by atoms with Crippen LogP contribution in [0.5, 0.6) is 5.75 Å². The molecular weight excluding hydrogens is 328 g/mol. The van der Waals surface area contributed by atoms with E-state index < -0.39 is 0 Å². The number of methoxy groups -OCH3 is 1. The van der Waals surface area contributed by atoms with Crippen LogP contribution in [-0.2, 0) is 0 Å². The van der Waals surface area contributed by atoms with Crippen molar-refractivity contribution in [2.45, 2.75) is 0 Å². The minimum Gasteiger partial charge on any atom is -0.495 e. The number of aromatic nitrogens is 1. The lowest BCUT2D eigenvalue weighted by molar-refractivity contribution is 0.102. The Labute approximate surface area is 150 Å². The van der Waals surface area contributed by atoms with Crippen molar-refractivity contribution in [2.24, 2.45) is 0 Å². The van der Waals surface area contributed by atoms with Gasteiger partial charge in [0.2, 0.25) is 0 Å². The number of carbonyl (C=O) groups excluding carboxylic acids is 1. The van der Waals surface area contributed by atoms with Crippen LogP contribution in [-0.4, -0.2) is 18.0 Å². The number of ether oxygens (including phenoxy) is 1. The Balaban J connectivity index is 1.80. The Morgan fingerprint density at radius 3 is 2.65 bits per heavy atom. The quantitative estimate of drug-likeness (QED) is 0.580. The van der Waals surface area contributed by atoms with Crippen LogP contribution < -0.4 is 10.1 Å². The number of para-hydroxylation sites is 3. The van der Waals surface area contributed by atoms with Crippen LogP contribution in [0, 0.1) is 0 Å². The number of fused-ring (bicyclic) bond motifs is 1. The smallest absolute Gasteiger partial charge is 0.256 e. The van der Waals surface area contributed by atoms with Crippen molar-refractivity contribution < 1.29 is 13.9 Å². The molecule has 0 aliphatic heterocycles. The summed E-state index contributed by atoms with van der Waals surface area (Å²) in [5, 5.41) is 3.69. The highest BCUT2D eigenvalue weighted by Crippen LogP contribution is 2.28. The third-order valence-electron chi connectivity index (χ3n) is 4.09. The third kappa shape index (κ3) is 2.91. The first-order valence-corrected chi connectivity index (χ1v) is 8.14. The van der Waals surface area contributed by atoms with E-state index in [1.165, 1.54) is 0 Å². The molecule has 0 unspecified atom stereocenters. The van der Waals surface area contributed by atoms with Crippen molar-refractivity contribution in [3.05, 3.63) is 78.6 Å². The van der Waals surface area contributed by atoms with Gasteiger partial charge in [0.25, 0.3) is 5.91 Å². The molecule has 0 aliphatic rings. The van der Waals surface area contributed by atoms with Crippen LogP contribution in [0.25, 0.3) is 22.4 Å². The van der Waals surface area contributed by atoms with Crippen molar-refractivity contribution in [3.63, 3.8) is 0 Å². The fourth-order valence-corrected chi connectivity index (χ4v) is 2.85. The monoisotopic (exact) mass is 344 g/mol. The second-order valence-electron chi connectivity index (χ2n) is 5.70. The minimum absolute atomic E-state index is 0.235. The summed E-state index contributed by atoms with van der Waals surface area (Å²) in [6, 6.07) is 20.2. The van der Waals surface area contributed by atoms with Gasteiger partial charge in [-0.05, 0) is 36.4 Å². The van der Waals surface area contributed by atoms with Gasteiger partial charge in [-0.2, -0.15) is 0 Å². The number of benzene rings is 2. The van der Waals surface area contributed by atoms with Gasteiger partial charge < -0.3 is 14.5 Å². The molecule has 128 valence electrons. The first kappa shape index (κ1) is 15.9. The van der Waals surface area contributed by atoms with E-state index in [4.69, 9.17) is 9.15 Å². The standard InChI is InChI=1S/C21H16N2O3/c1-25-19-10-5-4-9-17(19)23-21(24)15-13-18(20-11-6-12-26-20)22-16-8-3-2-7-14(15)16/h2-13H,1H3,(H,23,24). The minimum atomic E-state index is -0.235. The Kier molecular flexibility index (Phi) is 4.11. The summed E-state index contributed by atoms with van der Waals surface area (Å²) in [6.07, 6.45) is 1.58. The molecule has 0 saturated heterocycles. The van der Waals surface area contributed by atoms with Gasteiger partial charge >= 0.3 is 0 Å². The van der Waals surface area contributed by atoms with Gasteiger partial charge in [-0.25, -0.2) is 4.98 Å². The average Bonchev–Trinajstić information content (AvgIpc) is 3.22. The van der Waals surface area contributed by atoms with Crippen molar-refractivity contribution in [3.8, 4) is 17.2 Å². The number of furan rings is 1. The second kappa shape index (κ2) is 6.72.